The Morgan fingerprint density at radius 1 is 0.645 bits per heavy atom. The van der Waals surface area contributed by atoms with Crippen molar-refractivity contribution in [2.24, 2.45) is 11.8 Å². The van der Waals surface area contributed by atoms with Crippen molar-refractivity contribution in [2.45, 2.75) is 18.6 Å². The first-order chi connectivity index (χ1) is 15.0. The molecular weight excluding hydrogens is 404 g/mol. The first kappa shape index (κ1) is 22.0. The summed E-state index contributed by atoms with van der Waals surface area (Å²) in [6, 6.07) is 16.3. The van der Waals surface area contributed by atoms with E-state index in [1.54, 1.807) is 60.7 Å². The van der Waals surface area contributed by atoms with Crippen LogP contribution in [-0.4, -0.2) is 50.3 Å². The smallest absolute Gasteiger partial charge is 0.338 e. The first-order valence-electron chi connectivity index (χ1n) is 9.64. The Balaban J connectivity index is 1.93. The van der Waals surface area contributed by atoms with Crippen LogP contribution in [0.25, 0.3) is 0 Å². The fourth-order valence-corrected chi connectivity index (χ4v) is 3.59. The van der Waals surface area contributed by atoms with Gasteiger partial charge < -0.3 is 18.9 Å². The molecule has 2 aromatic carbocycles. The van der Waals surface area contributed by atoms with Crippen molar-refractivity contribution in [2.75, 3.05) is 14.2 Å². The van der Waals surface area contributed by atoms with E-state index in [4.69, 9.17) is 18.9 Å². The predicted octanol–water partition coefficient (Wildman–Crippen LogP) is 2.42. The van der Waals surface area contributed by atoms with E-state index in [0.717, 1.165) is 0 Å². The van der Waals surface area contributed by atoms with Crippen LogP contribution in [0.2, 0.25) is 0 Å². The standard InChI is InChI=1S/C23H22O8/c1-28-22(26)16-13-17(23(27)29-2)19(31-21(25)15-11-7-4-8-12-15)18(16)30-20(24)14-9-5-3-6-10-14/h3-12,16-19H,13H2,1-2H3/t16-,17+,18+,19-. The van der Waals surface area contributed by atoms with Crippen molar-refractivity contribution in [1.82, 2.24) is 0 Å². The Morgan fingerprint density at radius 3 is 1.32 bits per heavy atom. The van der Waals surface area contributed by atoms with Crippen molar-refractivity contribution < 1.29 is 38.1 Å². The number of methoxy groups -OCH3 is 2. The van der Waals surface area contributed by atoms with Crippen LogP contribution >= 0.6 is 0 Å². The van der Waals surface area contributed by atoms with Crippen LogP contribution in [0.4, 0.5) is 0 Å². The highest BCUT2D eigenvalue weighted by atomic mass is 16.6. The lowest BCUT2D eigenvalue weighted by molar-refractivity contribution is -0.151. The maximum Gasteiger partial charge on any atom is 0.338 e. The Labute approximate surface area is 179 Å². The van der Waals surface area contributed by atoms with E-state index in [2.05, 4.69) is 0 Å². The molecule has 1 aliphatic rings. The van der Waals surface area contributed by atoms with E-state index in [9.17, 15) is 19.2 Å². The van der Waals surface area contributed by atoms with Crippen LogP contribution in [0.5, 0.6) is 0 Å². The minimum absolute atomic E-state index is 0.0567. The van der Waals surface area contributed by atoms with Crippen molar-refractivity contribution in [3.05, 3.63) is 71.8 Å². The molecule has 4 atom stereocenters. The SMILES string of the molecule is COC(=O)[C@H]1C[C@@H](C(=O)OC)[C@H](OC(=O)c2ccccc2)[C@@H]1OC(=O)c1ccccc1. The van der Waals surface area contributed by atoms with Gasteiger partial charge in [-0.15, -0.1) is 0 Å². The molecule has 1 fully saturated rings. The van der Waals surface area contributed by atoms with E-state index in [1.165, 1.54) is 14.2 Å². The minimum atomic E-state index is -1.23. The van der Waals surface area contributed by atoms with Gasteiger partial charge in [-0.25, -0.2) is 9.59 Å². The van der Waals surface area contributed by atoms with Crippen LogP contribution in [0.15, 0.2) is 60.7 Å². The third-order valence-electron chi connectivity index (χ3n) is 5.14. The van der Waals surface area contributed by atoms with Gasteiger partial charge in [0.2, 0.25) is 0 Å². The van der Waals surface area contributed by atoms with Crippen LogP contribution in [0.3, 0.4) is 0 Å². The molecule has 0 radical (unpaired) electrons. The lowest BCUT2D eigenvalue weighted by Crippen LogP contribution is -2.41. The summed E-state index contributed by atoms with van der Waals surface area (Å²) < 4.78 is 20.8. The number of rotatable bonds is 6. The molecule has 31 heavy (non-hydrogen) atoms. The molecule has 0 saturated heterocycles. The Bertz CT molecular complexity index is 863. The Morgan fingerprint density at radius 2 is 1.00 bits per heavy atom. The van der Waals surface area contributed by atoms with Gasteiger partial charge in [0.15, 0.2) is 12.2 Å². The lowest BCUT2D eigenvalue weighted by Gasteiger charge is -2.25. The monoisotopic (exact) mass is 426 g/mol. The highest BCUT2D eigenvalue weighted by Crippen LogP contribution is 2.38. The second kappa shape index (κ2) is 9.88. The number of hydrogen-bond donors (Lipinski definition) is 0. The minimum Gasteiger partial charge on any atom is -0.469 e. The molecule has 0 bridgehead atoms. The molecule has 3 rings (SSSR count). The molecule has 1 aliphatic carbocycles. The number of hydrogen-bond acceptors (Lipinski definition) is 8. The third-order valence-corrected chi connectivity index (χ3v) is 5.14. The Kier molecular flexibility index (Phi) is 7.02. The molecule has 8 heteroatoms. The van der Waals surface area contributed by atoms with Crippen molar-refractivity contribution in [3.8, 4) is 0 Å². The van der Waals surface area contributed by atoms with Crippen molar-refractivity contribution >= 4 is 23.9 Å². The van der Waals surface area contributed by atoms with E-state index >= 15 is 0 Å². The normalized spacial score (nSPS) is 22.3. The zero-order valence-electron chi connectivity index (χ0n) is 17.1. The number of carbonyl (C=O) groups is 4. The van der Waals surface area contributed by atoms with Crippen LogP contribution in [0.1, 0.15) is 27.1 Å². The molecule has 8 nitrogen and oxygen atoms in total. The molecule has 0 heterocycles. The van der Waals surface area contributed by atoms with E-state index in [-0.39, 0.29) is 17.5 Å². The first-order valence-corrected chi connectivity index (χ1v) is 9.64. The van der Waals surface area contributed by atoms with Crippen molar-refractivity contribution in [1.29, 1.82) is 0 Å². The Hall–Kier alpha value is -3.68. The fourth-order valence-electron chi connectivity index (χ4n) is 3.59. The second-order valence-corrected chi connectivity index (χ2v) is 6.97. The van der Waals surface area contributed by atoms with Gasteiger partial charge in [0.1, 0.15) is 0 Å². The van der Waals surface area contributed by atoms with Crippen molar-refractivity contribution in [3.63, 3.8) is 0 Å². The summed E-state index contributed by atoms with van der Waals surface area (Å²) in [4.78, 5) is 50.1. The summed E-state index contributed by atoms with van der Waals surface area (Å²) in [5.41, 5.74) is 0.501. The fraction of sp³-hybridized carbons (Fsp3) is 0.304. The molecular formula is C23H22O8. The topological polar surface area (TPSA) is 105 Å². The van der Waals surface area contributed by atoms with Gasteiger partial charge in [0, 0.05) is 0 Å². The largest absolute Gasteiger partial charge is 0.469 e. The molecule has 2 aromatic rings. The second-order valence-electron chi connectivity index (χ2n) is 6.97. The number of esters is 4. The van der Waals surface area contributed by atoms with Gasteiger partial charge in [0.05, 0.1) is 37.2 Å². The van der Waals surface area contributed by atoms with E-state index in [1.807, 2.05) is 0 Å². The lowest BCUT2D eigenvalue weighted by atomic mass is 10.0. The van der Waals surface area contributed by atoms with Gasteiger partial charge in [-0.2, -0.15) is 0 Å². The number of benzene rings is 2. The van der Waals surface area contributed by atoms with Gasteiger partial charge >= 0.3 is 23.9 Å². The number of ether oxygens (including phenoxy) is 4. The summed E-state index contributed by atoms with van der Waals surface area (Å²) in [6.45, 7) is 0. The summed E-state index contributed by atoms with van der Waals surface area (Å²) in [6.07, 6.45) is -2.51. The predicted molar refractivity (Wildman–Crippen MR) is 107 cm³/mol. The van der Waals surface area contributed by atoms with E-state index < -0.39 is 47.9 Å². The molecule has 0 aliphatic heterocycles. The maximum atomic E-state index is 12.7. The molecule has 1 saturated carbocycles. The molecule has 0 amide bonds. The molecule has 0 aromatic heterocycles. The van der Waals surface area contributed by atoms with Crippen LogP contribution < -0.4 is 0 Å². The molecule has 0 N–H and O–H groups in total. The average Bonchev–Trinajstić information content (AvgIpc) is 3.16. The molecule has 0 unspecified atom stereocenters. The van der Waals surface area contributed by atoms with Gasteiger partial charge in [-0.05, 0) is 30.7 Å². The van der Waals surface area contributed by atoms with Gasteiger partial charge in [-0.1, -0.05) is 36.4 Å². The summed E-state index contributed by atoms with van der Waals surface area (Å²) in [7, 11) is 2.38. The quantitative estimate of drug-likeness (QED) is 0.512. The van der Waals surface area contributed by atoms with Crippen LogP contribution in [0, 0.1) is 11.8 Å². The summed E-state index contributed by atoms with van der Waals surface area (Å²) >= 11 is 0. The molecule has 0 spiro atoms. The van der Waals surface area contributed by atoms with E-state index in [0.29, 0.717) is 0 Å². The zero-order valence-corrected chi connectivity index (χ0v) is 17.1. The summed E-state index contributed by atoms with van der Waals surface area (Å²) in [5, 5.41) is 0. The van der Waals surface area contributed by atoms with Crippen LogP contribution in [-0.2, 0) is 28.5 Å². The molecule has 162 valence electrons. The number of carbonyl (C=O) groups excluding carboxylic acids is 4. The third kappa shape index (κ3) is 4.91. The highest BCUT2D eigenvalue weighted by molar-refractivity contribution is 5.91. The van der Waals surface area contributed by atoms with Gasteiger partial charge in [-0.3, -0.25) is 9.59 Å². The average molecular weight is 426 g/mol. The zero-order chi connectivity index (χ0) is 22.4. The van der Waals surface area contributed by atoms with Gasteiger partial charge in [0.25, 0.3) is 0 Å². The summed E-state index contributed by atoms with van der Waals surface area (Å²) in [5.74, 6) is -4.81. The maximum absolute atomic E-state index is 12.7. The highest BCUT2D eigenvalue weighted by Gasteiger charge is 2.55.